The molecule has 0 fully saturated rings. The van der Waals surface area contributed by atoms with Gasteiger partial charge in [0.15, 0.2) is 0 Å². The normalized spacial score (nSPS) is 13.6. The number of aryl methyl sites for hydroxylation is 1. The molecule has 5 heteroatoms. The van der Waals surface area contributed by atoms with Crippen molar-refractivity contribution in [3.8, 4) is 11.8 Å². The van der Waals surface area contributed by atoms with E-state index in [-0.39, 0.29) is 5.56 Å². The average molecular weight is 267 g/mol. The molecule has 2 aromatic rings. The molecule has 3 rings (SSSR count). The monoisotopic (exact) mass is 267 g/mol. The van der Waals surface area contributed by atoms with Gasteiger partial charge in [0.05, 0.1) is 28.8 Å². The van der Waals surface area contributed by atoms with Crippen molar-refractivity contribution in [2.45, 2.75) is 25.7 Å². The van der Waals surface area contributed by atoms with Gasteiger partial charge in [0.25, 0.3) is 0 Å². The second-order valence-corrected chi connectivity index (χ2v) is 4.86. The number of carbonyl (C=O) groups is 1. The van der Waals surface area contributed by atoms with Crippen LogP contribution in [-0.2, 0) is 12.8 Å². The van der Waals surface area contributed by atoms with Gasteiger partial charge < -0.3 is 9.67 Å². The quantitative estimate of drug-likeness (QED) is 0.905. The fourth-order valence-corrected chi connectivity index (χ4v) is 2.65. The lowest BCUT2D eigenvalue weighted by Gasteiger charge is -2.15. The van der Waals surface area contributed by atoms with Crippen LogP contribution >= 0.6 is 0 Å². The number of aromatic carboxylic acids is 1. The van der Waals surface area contributed by atoms with E-state index in [1.54, 1.807) is 12.4 Å². The summed E-state index contributed by atoms with van der Waals surface area (Å²) in [6, 6.07) is 6.68. The van der Waals surface area contributed by atoms with Crippen LogP contribution in [0.4, 0.5) is 0 Å². The summed E-state index contributed by atoms with van der Waals surface area (Å²) in [5, 5.41) is 18.2. The second-order valence-electron chi connectivity index (χ2n) is 4.86. The number of carboxylic acid groups (broad SMARTS) is 1. The molecule has 100 valence electrons. The van der Waals surface area contributed by atoms with Crippen LogP contribution < -0.4 is 0 Å². The first-order chi connectivity index (χ1) is 9.70. The zero-order chi connectivity index (χ0) is 14.1. The molecule has 1 heterocycles. The predicted molar refractivity (Wildman–Crippen MR) is 71.9 cm³/mol. The smallest absolute Gasteiger partial charge is 0.335 e. The number of nitrogens with zero attached hydrogens (tertiary/aromatic N) is 3. The molecule has 0 spiro atoms. The summed E-state index contributed by atoms with van der Waals surface area (Å²) < 4.78 is 1.92. The van der Waals surface area contributed by atoms with Crippen molar-refractivity contribution in [1.29, 1.82) is 5.26 Å². The number of carboxylic acids is 1. The molecule has 0 bridgehead atoms. The Kier molecular flexibility index (Phi) is 2.99. The van der Waals surface area contributed by atoms with Crippen molar-refractivity contribution in [1.82, 2.24) is 9.55 Å². The molecule has 0 atom stereocenters. The van der Waals surface area contributed by atoms with E-state index in [1.165, 1.54) is 12.1 Å². The molecule has 0 amide bonds. The van der Waals surface area contributed by atoms with Gasteiger partial charge in [-0.05, 0) is 43.9 Å². The molecular formula is C15H13N3O2. The first-order valence-corrected chi connectivity index (χ1v) is 6.53. The summed E-state index contributed by atoms with van der Waals surface area (Å²) in [4.78, 5) is 15.4. The summed E-state index contributed by atoms with van der Waals surface area (Å²) in [5.41, 5.74) is 3.40. The highest BCUT2D eigenvalue weighted by atomic mass is 16.4. The average Bonchev–Trinajstić information content (AvgIpc) is 2.90. The van der Waals surface area contributed by atoms with Gasteiger partial charge in [0.1, 0.15) is 6.07 Å². The van der Waals surface area contributed by atoms with Crippen molar-refractivity contribution < 1.29 is 9.90 Å². The Hall–Kier alpha value is -2.61. The first-order valence-electron chi connectivity index (χ1n) is 6.53. The maximum Gasteiger partial charge on any atom is 0.335 e. The van der Waals surface area contributed by atoms with Gasteiger partial charge in [0, 0.05) is 5.69 Å². The van der Waals surface area contributed by atoms with E-state index in [1.807, 2.05) is 4.57 Å². The minimum atomic E-state index is -1.03. The standard InChI is InChI=1S/C15H13N3O2/c16-8-11-7-10(15(19)20)5-6-13(11)18-9-17-12-3-1-2-4-14(12)18/h5-7,9H,1-4H2,(H,19,20). The van der Waals surface area contributed by atoms with Crippen molar-refractivity contribution in [2.24, 2.45) is 0 Å². The third kappa shape index (κ3) is 1.95. The highest BCUT2D eigenvalue weighted by Crippen LogP contribution is 2.25. The van der Waals surface area contributed by atoms with E-state index in [0.717, 1.165) is 37.1 Å². The Morgan fingerprint density at radius 1 is 1.35 bits per heavy atom. The van der Waals surface area contributed by atoms with Crippen LogP contribution in [-0.4, -0.2) is 20.6 Å². The van der Waals surface area contributed by atoms with Gasteiger partial charge >= 0.3 is 5.97 Å². The van der Waals surface area contributed by atoms with Gasteiger partial charge in [-0.1, -0.05) is 0 Å². The van der Waals surface area contributed by atoms with Crippen molar-refractivity contribution >= 4 is 5.97 Å². The summed E-state index contributed by atoms with van der Waals surface area (Å²) >= 11 is 0. The topological polar surface area (TPSA) is 78.9 Å². The van der Waals surface area contributed by atoms with Gasteiger partial charge in [-0.25, -0.2) is 9.78 Å². The van der Waals surface area contributed by atoms with E-state index in [2.05, 4.69) is 11.1 Å². The lowest BCUT2D eigenvalue weighted by molar-refractivity contribution is 0.0697. The van der Waals surface area contributed by atoms with Crippen molar-refractivity contribution in [2.75, 3.05) is 0 Å². The molecule has 20 heavy (non-hydrogen) atoms. The van der Waals surface area contributed by atoms with Gasteiger partial charge in [-0.3, -0.25) is 0 Å². The molecule has 0 aliphatic heterocycles. The fraction of sp³-hybridized carbons (Fsp3) is 0.267. The molecule has 0 radical (unpaired) electrons. The Morgan fingerprint density at radius 2 is 2.15 bits per heavy atom. The van der Waals surface area contributed by atoms with Crippen LogP contribution in [0.15, 0.2) is 24.5 Å². The number of hydrogen-bond donors (Lipinski definition) is 1. The fourth-order valence-electron chi connectivity index (χ4n) is 2.65. The number of fused-ring (bicyclic) bond motifs is 1. The predicted octanol–water partition coefficient (Wildman–Crippen LogP) is 2.32. The highest BCUT2D eigenvalue weighted by Gasteiger charge is 2.18. The van der Waals surface area contributed by atoms with E-state index in [9.17, 15) is 10.1 Å². The molecule has 1 N–H and O–H groups in total. The zero-order valence-corrected chi connectivity index (χ0v) is 10.8. The van der Waals surface area contributed by atoms with Crippen molar-refractivity contribution in [3.63, 3.8) is 0 Å². The maximum atomic E-state index is 11.0. The number of hydrogen-bond acceptors (Lipinski definition) is 3. The van der Waals surface area contributed by atoms with E-state index < -0.39 is 5.97 Å². The molecule has 1 aromatic heterocycles. The lowest BCUT2D eigenvalue weighted by atomic mass is 10.0. The van der Waals surface area contributed by atoms with Gasteiger partial charge in [0.2, 0.25) is 0 Å². The number of aromatic nitrogens is 2. The molecule has 0 unspecified atom stereocenters. The molecule has 1 aliphatic rings. The number of nitriles is 1. The summed E-state index contributed by atoms with van der Waals surface area (Å²) in [6.45, 7) is 0. The van der Waals surface area contributed by atoms with Crippen LogP contribution in [0.25, 0.3) is 5.69 Å². The number of imidazole rings is 1. The first kappa shape index (κ1) is 12.4. The van der Waals surface area contributed by atoms with Crippen LogP contribution in [0.1, 0.15) is 40.2 Å². The highest BCUT2D eigenvalue weighted by molar-refractivity contribution is 5.88. The largest absolute Gasteiger partial charge is 0.478 e. The SMILES string of the molecule is N#Cc1cc(C(=O)O)ccc1-n1cnc2c1CCCC2. The van der Waals surface area contributed by atoms with Crippen LogP contribution in [0.3, 0.4) is 0 Å². The minimum absolute atomic E-state index is 0.124. The summed E-state index contributed by atoms with van der Waals surface area (Å²) in [5.74, 6) is -1.03. The maximum absolute atomic E-state index is 11.0. The molecular weight excluding hydrogens is 254 g/mol. The van der Waals surface area contributed by atoms with Crippen LogP contribution in [0.2, 0.25) is 0 Å². The minimum Gasteiger partial charge on any atom is -0.478 e. The molecule has 5 nitrogen and oxygen atoms in total. The van der Waals surface area contributed by atoms with Crippen molar-refractivity contribution in [3.05, 3.63) is 47.0 Å². The van der Waals surface area contributed by atoms with Crippen LogP contribution in [0.5, 0.6) is 0 Å². The third-order valence-corrected chi connectivity index (χ3v) is 3.65. The Bertz CT molecular complexity index is 725. The van der Waals surface area contributed by atoms with E-state index in [0.29, 0.717) is 11.3 Å². The number of benzene rings is 1. The summed E-state index contributed by atoms with van der Waals surface area (Å²) in [6.07, 6.45) is 5.91. The lowest BCUT2D eigenvalue weighted by Crippen LogP contribution is -2.08. The molecule has 0 saturated carbocycles. The van der Waals surface area contributed by atoms with Gasteiger partial charge in [-0.2, -0.15) is 5.26 Å². The Labute approximate surface area is 116 Å². The second kappa shape index (κ2) is 4.82. The molecule has 1 aliphatic carbocycles. The number of rotatable bonds is 2. The van der Waals surface area contributed by atoms with Gasteiger partial charge in [-0.15, -0.1) is 0 Å². The Morgan fingerprint density at radius 3 is 2.90 bits per heavy atom. The van der Waals surface area contributed by atoms with E-state index >= 15 is 0 Å². The Balaban J connectivity index is 2.13. The van der Waals surface area contributed by atoms with Crippen LogP contribution in [0, 0.1) is 11.3 Å². The third-order valence-electron chi connectivity index (χ3n) is 3.65. The molecule has 0 saturated heterocycles. The van der Waals surface area contributed by atoms with E-state index in [4.69, 9.17) is 5.11 Å². The zero-order valence-electron chi connectivity index (χ0n) is 10.8. The summed E-state index contributed by atoms with van der Waals surface area (Å²) in [7, 11) is 0. The molecule has 1 aromatic carbocycles.